The highest BCUT2D eigenvalue weighted by Gasteiger charge is 2.21. The van der Waals surface area contributed by atoms with Gasteiger partial charge in [-0.1, -0.05) is 25.1 Å². The standard InChI is InChI=1S/C22H25N7O3/c1-4-16-19(20(23)27-22(24)26-16)15-9-10-17(18(11-15)29(31)32)28(3)12-13-5-7-14(8-6-13)21(30)25-2/h5-11H,4,12H2,1-3H3,(H,25,30)(H4,23,24,26,27). The molecule has 2 aromatic carbocycles. The number of nitrogen functional groups attached to an aromatic ring is 2. The van der Waals surface area contributed by atoms with Gasteiger partial charge in [0, 0.05) is 37.8 Å². The van der Waals surface area contributed by atoms with Gasteiger partial charge in [-0.25, -0.2) is 4.98 Å². The monoisotopic (exact) mass is 435 g/mol. The van der Waals surface area contributed by atoms with Gasteiger partial charge in [0.05, 0.1) is 10.6 Å². The SMILES string of the molecule is CCc1nc(N)nc(N)c1-c1ccc(N(C)Cc2ccc(C(=O)NC)cc2)c([N+](=O)[O-])c1. The number of nitro groups is 1. The largest absolute Gasteiger partial charge is 0.383 e. The number of carbonyl (C=O) groups is 1. The Morgan fingerprint density at radius 1 is 1.16 bits per heavy atom. The summed E-state index contributed by atoms with van der Waals surface area (Å²) in [5.41, 5.74) is 15.3. The number of nitrogens with one attached hydrogen (secondary N) is 1. The van der Waals surface area contributed by atoms with Gasteiger partial charge in [0.15, 0.2) is 0 Å². The fourth-order valence-corrected chi connectivity index (χ4v) is 3.53. The van der Waals surface area contributed by atoms with Crippen LogP contribution in [0.1, 0.15) is 28.5 Å². The topological polar surface area (TPSA) is 153 Å². The maximum absolute atomic E-state index is 11.9. The van der Waals surface area contributed by atoms with Crippen LogP contribution in [0.2, 0.25) is 0 Å². The van der Waals surface area contributed by atoms with Crippen LogP contribution in [0.15, 0.2) is 42.5 Å². The molecule has 0 spiro atoms. The van der Waals surface area contributed by atoms with E-state index in [1.807, 2.05) is 19.1 Å². The predicted molar refractivity (Wildman–Crippen MR) is 124 cm³/mol. The lowest BCUT2D eigenvalue weighted by Crippen LogP contribution is -2.19. The number of hydrogen-bond acceptors (Lipinski definition) is 8. The summed E-state index contributed by atoms with van der Waals surface area (Å²) in [4.78, 5) is 33.1. The molecular formula is C22H25N7O3. The second-order valence-electron chi connectivity index (χ2n) is 7.24. The highest BCUT2D eigenvalue weighted by atomic mass is 16.6. The van der Waals surface area contributed by atoms with Gasteiger partial charge >= 0.3 is 0 Å². The van der Waals surface area contributed by atoms with E-state index in [0.717, 1.165) is 5.56 Å². The molecule has 0 saturated heterocycles. The van der Waals surface area contributed by atoms with Crippen molar-refractivity contribution in [1.29, 1.82) is 0 Å². The number of nitrogens with two attached hydrogens (primary N) is 2. The first-order valence-corrected chi connectivity index (χ1v) is 9.98. The number of aryl methyl sites for hydroxylation is 1. The summed E-state index contributed by atoms with van der Waals surface area (Å²) in [5.74, 6) is 0.0749. The Hall–Kier alpha value is -4.21. The quantitative estimate of drug-likeness (QED) is 0.378. The Bertz CT molecular complexity index is 1160. The van der Waals surface area contributed by atoms with Crippen LogP contribution in [0.25, 0.3) is 11.1 Å². The third kappa shape index (κ3) is 4.59. The summed E-state index contributed by atoms with van der Waals surface area (Å²) in [6.07, 6.45) is 0.549. The molecule has 10 heteroatoms. The van der Waals surface area contributed by atoms with Gasteiger partial charge < -0.3 is 21.7 Å². The van der Waals surface area contributed by atoms with Crippen molar-refractivity contribution in [3.63, 3.8) is 0 Å². The van der Waals surface area contributed by atoms with Crippen LogP contribution in [0.4, 0.5) is 23.1 Å². The highest BCUT2D eigenvalue weighted by Crippen LogP contribution is 2.36. The lowest BCUT2D eigenvalue weighted by atomic mass is 10.0. The van der Waals surface area contributed by atoms with Gasteiger partial charge in [-0.15, -0.1) is 0 Å². The van der Waals surface area contributed by atoms with Gasteiger partial charge in [-0.2, -0.15) is 4.98 Å². The van der Waals surface area contributed by atoms with Gasteiger partial charge in [-0.05, 0) is 35.7 Å². The number of aromatic nitrogens is 2. The van der Waals surface area contributed by atoms with E-state index in [9.17, 15) is 14.9 Å². The maximum Gasteiger partial charge on any atom is 0.293 e. The van der Waals surface area contributed by atoms with Gasteiger partial charge in [-0.3, -0.25) is 14.9 Å². The van der Waals surface area contributed by atoms with Crippen molar-refractivity contribution in [2.24, 2.45) is 0 Å². The fraction of sp³-hybridized carbons (Fsp3) is 0.227. The maximum atomic E-state index is 11.9. The molecule has 1 amide bonds. The smallest absolute Gasteiger partial charge is 0.293 e. The summed E-state index contributed by atoms with van der Waals surface area (Å²) in [7, 11) is 3.34. The summed E-state index contributed by atoms with van der Waals surface area (Å²) in [6.45, 7) is 2.32. The van der Waals surface area contributed by atoms with E-state index in [1.54, 1.807) is 43.3 Å². The second kappa shape index (κ2) is 9.29. The van der Waals surface area contributed by atoms with E-state index < -0.39 is 4.92 Å². The van der Waals surface area contributed by atoms with E-state index in [4.69, 9.17) is 11.5 Å². The molecule has 0 aliphatic heterocycles. The van der Waals surface area contributed by atoms with E-state index in [2.05, 4.69) is 15.3 Å². The van der Waals surface area contributed by atoms with Crippen LogP contribution < -0.4 is 21.7 Å². The molecule has 0 fully saturated rings. The number of nitrogens with zero attached hydrogens (tertiary/aromatic N) is 4. The Morgan fingerprint density at radius 3 is 2.44 bits per heavy atom. The van der Waals surface area contributed by atoms with E-state index in [0.29, 0.717) is 41.0 Å². The van der Waals surface area contributed by atoms with Crippen molar-refractivity contribution in [2.45, 2.75) is 19.9 Å². The molecule has 0 bridgehead atoms. The molecule has 0 aliphatic carbocycles. The zero-order valence-corrected chi connectivity index (χ0v) is 18.1. The molecule has 0 radical (unpaired) electrons. The minimum Gasteiger partial charge on any atom is -0.383 e. The van der Waals surface area contributed by atoms with Crippen molar-refractivity contribution in [1.82, 2.24) is 15.3 Å². The summed E-state index contributed by atoms with van der Waals surface area (Å²) in [5, 5.41) is 14.4. The Balaban J connectivity index is 1.95. The minimum atomic E-state index is -0.427. The third-order valence-electron chi connectivity index (χ3n) is 5.10. The van der Waals surface area contributed by atoms with Crippen LogP contribution in [-0.4, -0.2) is 34.9 Å². The molecule has 0 aliphatic rings. The fourth-order valence-electron chi connectivity index (χ4n) is 3.53. The van der Waals surface area contributed by atoms with Crippen molar-refractivity contribution >= 4 is 29.0 Å². The van der Waals surface area contributed by atoms with E-state index in [-0.39, 0.29) is 23.4 Å². The number of anilines is 3. The van der Waals surface area contributed by atoms with Gasteiger partial charge in [0.25, 0.3) is 11.6 Å². The first kappa shape index (κ1) is 22.5. The number of carbonyl (C=O) groups excluding carboxylic acids is 1. The third-order valence-corrected chi connectivity index (χ3v) is 5.10. The minimum absolute atomic E-state index is 0.0646. The molecule has 3 rings (SSSR count). The highest BCUT2D eigenvalue weighted by molar-refractivity contribution is 5.94. The Morgan fingerprint density at radius 2 is 1.84 bits per heavy atom. The predicted octanol–water partition coefficient (Wildman–Crippen LogP) is 2.77. The molecule has 1 heterocycles. The summed E-state index contributed by atoms with van der Waals surface area (Å²) in [6, 6.07) is 12.0. The first-order valence-electron chi connectivity index (χ1n) is 9.98. The van der Waals surface area contributed by atoms with E-state index in [1.165, 1.54) is 6.07 Å². The Kier molecular flexibility index (Phi) is 6.53. The molecular weight excluding hydrogens is 410 g/mol. The van der Waals surface area contributed by atoms with Crippen molar-refractivity contribution < 1.29 is 9.72 Å². The molecule has 0 saturated carbocycles. The molecule has 5 N–H and O–H groups in total. The van der Waals surface area contributed by atoms with Crippen LogP contribution in [0, 0.1) is 10.1 Å². The Labute approximate surface area is 185 Å². The second-order valence-corrected chi connectivity index (χ2v) is 7.24. The number of hydrogen-bond donors (Lipinski definition) is 3. The average Bonchev–Trinajstić information content (AvgIpc) is 2.78. The number of amides is 1. The summed E-state index contributed by atoms with van der Waals surface area (Å²) >= 11 is 0. The van der Waals surface area contributed by atoms with E-state index >= 15 is 0 Å². The zero-order chi connectivity index (χ0) is 23.4. The lowest BCUT2D eigenvalue weighted by molar-refractivity contribution is -0.384. The van der Waals surface area contributed by atoms with Gasteiger partial charge in [0.2, 0.25) is 5.95 Å². The molecule has 1 aromatic heterocycles. The van der Waals surface area contributed by atoms with Gasteiger partial charge in [0.1, 0.15) is 11.5 Å². The number of nitro benzene ring substituents is 1. The van der Waals surface area contributed by atoms with Crippen molar-refractivity contribution in [2.75, 3.05) is 30.5 Å². The number of benzene rings is 2. The molecule has 166 valence electrons. The molecule has 0 unspecified atom stereocenters. The first-order chi connectivity index (χ1) is 15.2. The lowest BCUT2D eigenvalue weighted by Gasteiger charge is -2.20. The van der Waals surface area contributed by atoms with Crippen LogP contribution >= 0.6 is 0 Å². The van der Waals surface area contributed by atoms with Crippen molar-refractivity contribution in [3.05, 3.63) is 69.4 Å². The van der Waals surface area contributed by atoms with Crippen molar-refractivity contribution in [3.8, 4) is 11.1 Å². The van der Waals surface area contributed by atoms with Crippen LogP contribution in [-0.2, 0) is 13.0 Å². The summed E-state index contributed by atoms with van der Waals surface area (Å²) < 4.78 is 0. The average molecular weight is 435 g/mol. The normalized spacial score (nSPS) is 10.6. The zero-order valence-electron chi connectivity index (χ0n) is 18.1. The number of rotatable bonds is 7. The van der Waals surface area contributed by atoms with Crippen LogP contribution in [0.5, 0.6) is 0 Å². The molecule has 32 heavy (non-hydrogen) atoms. The molecule has 3 aromatic rings. The molecule has 0 atom stereocenters. The van der Waals surface area contributed by atoms with Crippen LogP contribution in [0.3, 0.4) is 0 Å². The molecule has 10 nitrogen and oxygen atoms in total.